The number of amides is 2. The van der Waals surface area contributed by atoms with Gasteiger partial charge in [-0.1, -0.05) is 25.7 Å². The monoisotopic (exact) mass is 408 g/mol. The van der Waals surface area contributed by atoms with Gasteiger partial charge >= 0.3 is 0 Å². The summed E-state index contributed by atoms with van der Waals surface area (Å²) in [7, 11) is -3.62. The van der Waals surface area contributed by atoms with Gasteiger partial charge in [-0.15, -0.1) is 0 Å². The van der Waals surface area contributed by atoms with E-state index in [9.17, 15) is 28.2 Å². The summed E-state index contributed by atoms with van der Waals surface area (Å²) in [5.41, 5.74) is 0. The highest BCUT2D eigenvalue weighted by molar-refractivity contribution is 7.92. The molecule has 0 fully saturated rings. The van der Waals surface area contributed by atoms with Crippen LogP contribution in [0.3, 0.4) is 0 Å². The molecule has 0 rings (SSSR count). The molecule has 0 aromatic rings. The van der Waals surface area contributed by atoms with Crippen molar-refractivity contribution in [1.82, 2.24) is 10.6 Å². The van der Waals surface area contributed by atoms with E-state index in [2.05, 4.69) is 10.6 Å². The van der Waals surface area contributed by atoms with E-state index in [4.69, 9.17) is 0 Å². The van der Waals surface area contributed by atoms with Crippen molar-refractivity contribution in [2.45, 2.75) is 75.7 Å². The van der Waals surface area contributed by atoms with Crippen molar-refractivity contribution in [3.8, 4) is 0 Å². The number of hydrogen-bond donors (Lipinski definition) is 4. The molecule has 0 saturated heterocycles. The first-order valence-electron chi connectivity index (χ1n) is 9.69. The summed E-state index contributed by atoms with van der Waals surface area (Å²) >= 11 is 0. The third-order valence-corrected chi connectivity index (χ3v) is 7.12. The Bertz CT molecular complexity index is 484. The maximum Gasteiger partial charge on any atom is 0.216 e. The van der Waals surface area contributed by atoms with Gasteiger partial charge in [0.15, 0.2) is 9.84 Å². The maximum absolute atomic E-state index is 12.7. The number of unbranched alkanes of at least 4 members (excludes halogenated alkanes) is 4. The molecule has 2 atom stereocenters. The molecule has 0 aliphatic rings. The highest BCUT2D eigenvalue weighted by Crippen LogP contribution is 2.20. The zero-order chi connectivity index (χ0) is 20.7. The number of sulfone groups is 1. The normalized spacial score (nSPS) is 13.8. The maximum atomic E-state index is 12.7. The Morgan fingerprint density at radius 3 is 1.41 bits per heavy atom. The lowest BCUT2D eigenvalue weighted by atomic mass is 10.1. The van der Waals surface area contributed by atoms with E-state index >= 15 is 0 Å². The largest absolute Gasteiger partial charge is 0.395 e. The Hall–Kier alpha value is -1.19. The molecule has 0 radical (unpaired) electrons. The van der Waals surface area contributed by atoms with Gasteiger partial charge in [0.1, 0.15) is 0 Å². The van der Waals surface area contributed by atoms with Crippen LogP contribution in [0, 0.1) is 0 Å². The molecular weight excluding hydrogens is 372 g/mol. The Morgan fingerprint density at radius 2 is 1.11 bits per heavy atom. The van der Waals surface area contributed by atoms with E-state index in [1.54, 1.807) is 0 Å². The number of aliphatic hydroxyl groups excluding tert-OH is 2. The lowest BCUT2D eigenvalue weighted by Crippen LogP contribution is -2.37. The molecule has 160 valence electrons. The molecule has 0 bridgehead atoms. The fourth-order valence-corrected chi connectivity index (χ4v) is 4.82. The van der Waals surface area contributed by atoms with Crippen molar-refractivity contribution >= 4 is 21.7 Å². The summed E-state index contributed by atoms with van der Waals surface area (Å²) in [4.78, 5) is 21.6. The summed E-state index contributed by atoms with van der Waals surface area (Å²) in [5, 5.41) is 22.7. The first kappa shape index (κ1) is 25.8. The van der Waals surface area contributed by atoms with Crippen LogP contribution >= 0.6 is 0 Å². The predicted octanol–water partition coefficient (Wildman–Crippen LogP) is 0.516. The van der Waals surface area contributed by atoms with Gasteiger partial charge in [0, 0.05) is 26.9 Å². The fourth-order valence-electron chi connectivity index (χ4n) is 2.87. The van der Waals surface area contributed by atoms with E-state index in [-0.39, 0.29) is 11.8 Å². The predicted molar refractivity (Wildman–Crippen MR) is 105 cm³/mol. The van der Waals surface area contributed by atoms with Gasteiger partial charge in [0.2, 0.25) is 11.8 Å². The molecule has 0 aromatic heterocycles. The summed E-state index contributed by atoms with van der Waals surface area (Å²) in [6.45, 7) is 3.11. The number of carbonyl (C=O) groups is 2. The SMILES string of the molecule is CC(=O)NCCCCCC(CO)S(=O)(=O)C(CO)CCCCCNC(C)=O. The first-order chi connectivity index (χ1) is 12.8. The van der Waals surface area contributed by atoms with Gasteiger partial charge in [0.05, 0.1) is 23.7 Å². The van der Waals surface area contributed by atoms with E-state index in [0.29, 0.717) is 38.8 Å². The smallest absolute Gasteiger partial charge is 0.216 e. The molecule has 8 nitrogen and oxygen atoms in total. The lowest BCUT2D eigenvalue weighted by molar-refractivity contribution is -0.119. The van der Waals surface area contributed by atoms with Crippen molar-refractivity contribution in [2.75, 3.05) is 26.3 Å². The van der Waals surface area contributed by atoms with Crippen LogP contribution in [0.2, 0.25) is 0 Å². The summed E-state index contributed by atoms with van der Waals surface area (Å²) in [6, 6.07) is 0. The molecule has 0 aliphatic heterocycles. The second-order valence-electron chi connectivity index (χ2n) is 6.86. The topological polar surface area (TPSA) is 133 Å². The first-order valence-corrected chi connectivity index (χ1v) is 11.3. The molecule has 0 aliphatic carbocycles. The molecule has 2 unspecified atom stereocenters. The van der Waals surface area contributed by atoms with Crippen molar-refractivity contribution in [1.29, 1.82) is 0 Å². The number of aliphatic hydroxyl groups is 2. The second-order valence-corrected chi connectivity index (χ2v) is 9.37. The number of nitrogens with one attached hydrogen (secondary N) is 2. The van der Waals surface area contributed by atoms with Gasteiger partial charge in [-0.2, -0.15) is 0 Å². The molecule has 0 aromatic carbocycles. The van der Waals surface area contributed by atoms with Crippen LogP contribution in [-0.4, -0.2) is 67.2 Å². The molecule has 0 spiro atoms. The Morgan fingerprint density at radius 1 is 0.741 bits per heavy atom. The Kier molecular flexibility index (Phi) is 14.2. The van der Waals surface area contributed by atoms with Crippen LogP contribution in [0.15, 0.2) is 0 Å². The molecular formula is C18H36N2O6S. The van der Waals surface area contributed by atoms with Crippen LogP contribution in [0.1, 0.15) is 65.2 Å². The third kappa shape index (κ3) is 12.0. The fraction of sp³-hybridized carbons (Fsp3) is 0.889. The van der Waals surface area contributed by atoms with Crippen LogP contribution < -0.4 is 10.6 Å². The lowest BCUT2D eigenvalue weighted by Gasteiger charge is -2.22. The van der Waals surface area contributed by atoms with Crippen LogP contribution in [-0.2, 0) is 19.4 Å². The molecule has 9 heteroatoms. The minimum absolute atomic E-state index is 0.0892. The van der Waals surface area contributed by atoms with Crippen molar-refractivity contribution in [3.63, 3.8) is 0 Å². The quantitative estimate of drug-likeness (QED) is 0.275. The Balaban J connectivity index is 4.30. The zero-order valence-corrected chi connectivity index (χ0v) is 17.4. The van der Waals surface area contributed by atoms with Crippen LogP contribution in [0.25, 0.3) is 0 Å². The molecule has 4 N–H and O–H groups in total. The van der Waals surface area contributed by atoms with E-state index in [1.807, 2.05) is 0 Å². The highest BCUT2D eigenvalue weighted by Gasteiger charge is 2.32. The van der Waals surface area contributed by atoms with Gasteiger partial charge in [0.25, 0.3) is 0 Å². The standard InChI is InChI=1S/C18H36N2O6S/c1-15(23)19-11-7-3-5-9-17(13-21)27(25,26)18(14-22)10-6-4-8-12-20-16(2)24/h17-18,21-22H,3-14H2,1-2H3,(H,19,23)(H,20,24). The van der Waals surface area contributed by atoms with Crippen molar-refractivity contribution < 1.29 is 28.2 Å². The number of carbonyl (C=O) groups excluding carboxylic acids is 2. The third-order valence-electron chi connectivity index (χ3n) is 4.49. The van der Waals surface area contributed by atoms with Crippen molar-refractivity contribution in [2.24, 2.45) is 0 Å². The minimum Gasteiger partial charge on any atom is -0.395 e. The minimum atomic E-state index is -3.62. The van der Waals surface area contributed by atoms with Gasteiger partial charge in [-0.25, -0.2) is 8.42 Å². The van der Waals surface area contributed by atoms with Crippen LogP contribution in [0.4, 0.5) is 0 Å². The van der Waals surface area contributed by atoms with E-state index < -0.39 is 33.6 Å². The number of hydrogen-bond acceptors (Lipinski definition) is 6. The number of rotatable bonds is 16. The molecule has 0 saturated carbocycles. The molecule has 0 heterocycles. The van der Waals surface area contributed by atoms with Crippen molar-refractivity contribution in [3.05, 3.63) is 0 Å². The van der Waals surface area contributed by atoms with Crippen LogP contribution in [0.5, 0.6) is 0 Å². The summed E-state index contributed by atoms with van der Waals surface area (Å²) < 4.78 is 25.4. The summed E-state index contributed by atoms with van der Waals surface area (Å²) in [6.07, 6.45) is 5.01. The van der Waals surface area contributed by atoms with Gasteiger partial charge < -0.3 is 20.8 Å². The molecule has 2 amide bonds. The average molecular weight is 409 g/mol. The average Bonchev–Trinajstić information content (AvgIpc) is 2.59. The van der Waals surface area contributed by atoms with E-state index in [0.717, 1.165) is 25.7 Å². The second kappa shape index (κ2) is 14.8. The van der Waals surface area contributed by atoms with E-state index in [1.165, 1.54) is 13.8 Å². The van der Waals surface area contributed by atoms with Gasteiger partial charge in [-0.3, -0.25) is 9.59 Å². The zero-order valence-electron chi connectivity index (χ0n) is 16.6. The summed E-state index contributed by atoms with van der Waals surface area (Å²) in [5.74, 6) is -0.178. The van der Waals surface area contributed by atoms with Gasteiger partial charge in [-0.05, 0) is 25.7 Å². The molecule has 27 heavy (non-hydrogen) atoms. The highest BCUT2D eigenvalue weighted by atomic mass is 32.2. The Labute approximate surface area is 163 Å².